The van der Waals surface area contributed by atoms with E-state index in [1.54, 1.807) is 25.5 Å². The Bertz CT molecular complexity index is 676. The van der Waals surface area contributed by atoms with Gasteiger partial charge in [0.1, 0.15) is 12.4 Å². The second kappa shape index (κ2) is 12.1. The molecule has 0 bridgehead atoms. The molecule has 1 aromatic carbocycles. The van der Waals surface area contributed by atoms with Crippen LogP contribution in [0.2, 0.25) is 0 Å². The molecule has 0 fully saturated rings. The maximum absolute atomic E-state index is 5.57. The minimum Gasteiger partial charge on any atom is -0.491 e. The van der Waals surface area contributed by atoms with Crippen molar-refractivity contribution in [3.05, 3.63) is 45.9 Å². The molecule has 144 valence electrons. The second-order valence-corrected chi connectivity index (χ2v) is 6.66. The maximum atomic E-state index is 5.57. The maximum Gasteiger partial charge on any atom is 0.194 e. The minimum absolute atomic E-state index is 0. The number of guanidine groups is 1. The smallest absolute Gasteiger partial charge is 0.194 e. The highest BCUT2D eigenvalue weighted by Crippen LogP contribution is 2.12. The molecule has 0 aliphatic carbocycles. The molecule has 0 radical (unpaired) electrons. The Kier molecular flexibility index (Phi) is 10.5. The van der Waals surface area contributed by atoms with Crippen molar-refractivity contribution in [2.75, 3.05) is 34.4 Å². The quantitative estimate of drug-likeness (QED) is 0.267. The number of hydrogen-bond acceptors (Lipinski definition) is 5. The summed E-state index contributed by atoms with van der Waals surface area (Å²) in [6.45, 7) is 4.59. The molecule has 0 saturated heterocycles. The van der Waals surface area contributed by atoms with Gasteiger partial charge in [0, 0.05) is 33.1 Å². The molecule has 0 spiro atoms. The van der Waals surface area contributed by atoms with Gasteiger partial charge in [-0.25, -0.2) is 4.98 Å². The van der Waals surface area contributed by atoms with Crippen LogP contribution in [0.1, 0.15) is 16.3 Å². The number of thiazole rings is 1. The largest absolute Gasteiger partial charge is 0.491 e. The Hall–Kier alpha value is -1.39. The molecule has 2 aromatic rings. The van der Waals surface area contributed by atoms with Crippen LogP contribution in [0.4, 0.5) is 0 Å². The Labute approximate surface area is 176 Å². The summed E-state index contributed by atoms with van der Waals surface area (Å²) in [7, 11) is 5.46. The molecule has 0 aliphatic heterocycles. The molecule has 0 saturated carbocycles. The highest BCUT2D eigenvalue weighted by Gasteiger charge is 2.08. The van der Waals surface area contributed by atoms with Crippen LogP contribution >= 0.6 is 35.3 Å². The molecule has 8 heteroatoms. The molecule has 1 N–H and O–H groups in total. The molecule has 6 nitrogen and oxygen atoms in total. The SMILES string of the molecule is CN=C(NCc1ccc(OCCOC)cc1)N(C)Cc1csc(C)n1.I. The van der Waals surface area contributed by atoms with Crippen LogP contribution in [0, 0.1) is 6.92 Å². The second-order valence-electron chi connectivity index (χ2n) is 5.60. The van der Waals surface area contributed by atoms with Crippen LogP contribution in [-0.4, -0.2) is 50.3 Å². The Morgan fingerprint density at radius 1 is 1.27 bits per heavy atom. The molecule has 0 atom stereocenters. The summed E-state index contributed by atoms with van der Waals surface area (Å²) in [6, 6.07) is 8.03. The van der Waals surface area contributed by atoms with E-state index in [2.05, 4.69) is 25.6 Å². The first-order chi connectivity index (χ1) is 12.1. The van der Waals surface area contributed by atoms with E-state index in [4.69, 9.17) is 9.47 Å². The Morgan fingerprint density at radius 2 is 2.00 bits per heavy atom. The topological polar surface area (TPSA) is 59.0 Å². The van der Waals surface area contributed by atoms with Gasteiger partial charge in [-0.3, -0.25) is 4.99 Å². The molecule has 0 amide bonds. The van der Waals surface area contributed by atoms with Crippen molar-refractivity contribution in [3.63, 3.8) is 0 Å². The summed E-state index contributed by atoms with van der Waals surface area (Å²) in [5, 5.41) is 6.54. The third-order valence-electron chi connectivity index (χ3n) is 3.57. The molecule has 0 unspecified atom stereocenters. The van der Waals surface area contributed by atoms with Crippen molar-refractivity contribution in [3.8, 4) is 5.75 Å². The van der Waals surface area contributed by atoms with E-state index < -0.39 is 0 Å². The molecular formula is C18H27IN4O2S. The first kappa shape index (κ1) is 22.7. The van der Waals surface area contributed by atoms with Crippen LogP contribution in [0.15, 0.2) is 34.6 Å². The predicted octanol–water partition coefficient (Wildman–Crippen LogP) is 3.30. The van der Waals surface area contributed by atoms with Gasteiger partial charge in [0.2, 0.25) is 0 Å². The predicted molar refractivity (Wildman–Crippen MR) is 118 cm³/mol. The minimum atomic E-state index is 0. The lowest BCUT2D eigenvalue weighted by Gasteiger charge is -2.21. The zero-order valence-corrected chi connectivity index (χ0v) is 18.8. The van der Waals surface area contributed by atoms with Gasteiger partial charge in [0.15, 0.2) is 5.96 Å². The van der Waals surface area contributed by atoms with E-state index in [9.17, 15) is 0 Å². The molecule has 2 rings (SSSR count). The molecule has 1 heterocycles. The number of ether oxygens (including phenoxy) is 2. The van der Waals surface area contributed by atoms with Crippen molar-refractivity contribution >= 4 is 41.3 Å². The third-order valence-corrected chi connectivity index (χ3v) is 4.39. The fraction of sp³-hybridized carbons (Fsp3) is 0.444. The van der Waals surface area contributed by atoms with E-state index in [-0.39, 0.29) is 24.0 Å². The van der Waals surface area contributed by atoms with E-state index in [0.717, 1.165) is 34.5 Å². The number of aromatic nitrogens is 1. The summed E-state index contributed by atoms with van der Waals surface area (Å²) in [6.07, 6.45) is 0. The number of aryl methyl sites for hydroxylation is 1. The lowest BCUT2D eigenvalue weighted by atomic mass is 10.2. The van der Waals surface area contributed by atoms with Gasteiger partial charge in [-0.15, -0.1) is 35.3 Å². The average Bonchev–Trinajstić information content (AvgIpc) is 3.02. The van der Waals surface area contributed by atoms with E-state index in [0.29, 0.717) is 19.8 Å². The lowest BCUT2D eigenvalue weighted by molar-refractivity contribution is 0.146. The highest BCUT2D eigenvalue weighted by atomic mass is 127. The van der Waals surface area contributed by atoms with Crippen molar-refractivity contribution in [2.24, 2.45) is 4.99 Å². The first-order valence-electron chi connectivity index (χ1n) is 8.16. The van der Waals surface area contributed by atoms with Gasteiger partial charge in [0.25, 0.3) is 0 Å². The van der Waals surface area contributed by atoms with Crippen LogP contribution in [0.3, 0.4) is 0 Å². The van der Waals surface area contributed by atoms with Crippen LogP contribution in [0.25, 0.3) is 0 Å². The van der Waals surface area contributed by atoms with Gasteiger partial charge in [0.05, 0.1) is 23.9 Å². The number of methoxy groups -OCH3 is 1. The van der Waals surface area contributed by atoms with Crippen LogP contribution < -0.4 is 10.1 Å². The average molecular weight is 490 g/mol. The summed E-state index contributed by atoms with van der Waals surface area (Å²) in [4.78, 5) is 10.9. The van der Waals surface area contributed by atoms with Crippen molar-refractivity contribution in [1.29, 1.82) is 0 Å². The number of benzene rings is 1. The summed E-state index contributed by atoms with van der Waals surface area (Å²) < 4.78 is 10.5. The van der Waals surface area contributed by atoms with Crippen molar-refractivity contribution in [2.45, 2.75) is 20.0 Å². The first-order valence-corrected chi connectivity index (χ1v) is 9.03. The number of rotatable bonds is 8. The van der Waals surface area contributed by atoms with Crippen molar-refractivity contribution in [1.82, 2.24) is 15.2 Å². The number of halogens is 1. The number of hydrogen-bond donors (Lipinski definition) is 1. The fourth-order valence-corrected chi connectivity index (χ4v) is 2.91. The van der Waals surface area contributed by atoms with Crippen molar-refractivity contribution < 1.29 is 9.47 Å². The molecule has 1 aromatic heterocycles. The van der Waals surface area contributed by atoms with E-state index in [1.165, 1.54) is 0 Å². The summed E-state index contributed by atoms with van der Waals surface area (Å²) in [5.74, 6) is 1.69. The lowest BCUT2D eigenvalue weighted by Crippen LogP contribution is -2.38. The standard InChI is InChI=1S/C18H26N4O2S.HI/c1-14-21-16(13-25-14)12-22(3)18(19-2)20-11-15-5-7-17(8-6-15)24-10-9-23-4;/h5-8,13H,9-12H2,1-4H3,(H,19,20);1H. The van der Waals surface area contributed by atoms with Crippen LogP contribution in [-0.2, 0) is 17.8 Å². The highest BCUT2D eigenvalue weighted by molar-refractivity contribution is 14.0. The zero-order valence-electron chi connectivity index (χ0n) is 15.7. The number of nitrogens with zero attached hydrogens (tertiary/aromatic N) is 3. The monoisotopic (exact) mass is 490 g/mol. The van der Waals surface area contributed by atoms with Gasteiger partial charge in [-0.1, -0.05) is 12.1 Å². The number of aliphatic imine (C=N–C) groups is 1. The summed E-state index contributed by atoms with van der Waals surface area (Å²) >= 11 is 1.67. The normalized spacial score (nSPS) is 11.0. The van der Waals surface area contributed by atoms with E-state index >= 15 is 0 Å². The van der Waals surface area contributed by atoms with Gasteiger partial charge >= 0.3 is 0 Å². The molecule has 26 heavy (non-hydrogen) atoms. The Morgan fingerprint density at radius 3 is 2.58 bits per heavy atom. The fourth-order valence-electron chi connectivity index (χ4n) is 2.31. The molecule has 0 aliphatic rings. The molecular weight excluding hydrogens is 463 g/mol. The van der Waals surface area contributed by atoms with Crippen LogP contribution in [0.5, 0.6) is 5.75 Å². The van der Waals surface area contributed by atoms with Gasteiger partial charge in [-0.2, -0.15) is 0 Å². The summed E-state index contributed by atoms with van der Waals surface area (Å²) in [5.41, 5.74) is 2.23. The van der Waals surface area contributed by atoms with E-state index in [1.807, 2.05) is 38.2 Å². The zero-order chi connectivity index (χ0) is 18.1. The number of nitrogens with one attached hydrogen (secondary N) is 1. The third kappa shape index (κ3) is 7.46. The van der Waals surface area contributed by atoms with Gasteiger partial charge < -0.3 is 19.7 Å². The Balaban J connectivity index is 0.00000338. The van der Waals surface area contributed by atoms with Gasteiger partial charge in [-0.05, 0) is 24.6 Å².